The maximum absolute atomic E-state index is 12.9. The molecule has 0 saturated heterocycles. The first kappa shape index (κ1) is 30.0. The number of fused-ring (bicyclic) bond motifs is 5. The molecule has 1 amide bonds. The van der Waals surface area contributed by atoms with Crippen LogP contribution >= 0.6 is 0 Å². The maximum Gasteiger partial charge on any atom is 0.410 e. The molecule has 0 bridgehead atoms. The van der Waals surface area contributed by atoms with Crippen molar-refractivity contribution in [1.29, 1.82) is 10.5 Å². The zero-order valence-corrected chi connectivity index (χ0v) is 25.4. The molecule has 0 spiro atoms. The van der Waals surface area contributed by atoms with E-state index in [9.17, 15) is 4.79 Å². The summed E-state index contributed by atoms with van der Waals surface area (Å²) in [4.78, 5) is 14.4. The van der Waals surface area contributed by atoms with Gasteiger partial charge in [-0.1, -0.05) is 65.5 Å². The SMILES string of the molecule is CC(C)CCC[C@H](C)[C@@H]1CC[C@@H]2[C@H]3CC=C4C[C@@H](OC(=O)N(CCC#N)CCC#N)CC[C@]4(C)[C@@H]3CC[C@]21C. The van der Waals surface area contributed by atoms with Crippen LogP contribution in [0.25, 0.3) is 0 Å². The van der Waals surface area contributed by atoms with Gasteiger partial charge in [0, 0.05) is 19.5 Å². The van der Waals surface area contributed by atoms with Crippen LogP contribution in [0, 0.1) is 69.0 Å². The van der Waals surface area contributed by atoms with E-state index in [1.165, 1.54) is 61.8 Å². The zero-order valence-electron chi connectivity index (χ0n) is 25.4. The number of hydrogen-bond donors (Lipinski definition) is 0. The molecule has 3 fully saturated rings. The smallest absolute Gasteiger partial charge is 0.410 e. The summed E-state index contributed by atoms with van der Waals surface area (Å²) in [5, 5.41) is 17.9. The first-order valence-corrected chi connectivity index (χ1v) is 16.0. The molecule has 4 aliphatic carbocycles. The van der Waals surface area contributed by atoms with E-state index < -0.39 is 0 Å². The van der Waals surface area contributed by atoms with Crippen LogP contribution in [0.2, 0.25) is 0 Å². The van der Waals surface area contributed by atoms with E-state index in [1.54, 1.807) is 0 Å². The number of amides is 1. The highest BCUT2D eigenvalue weighted by atomic mass is 16.6. The second-order valence-electron chi connectivity index (χ2n) is 14.3. The second-order valence-corrected chi connectivity index (χ2v) is 14.3. The standard InChI is InChI=1S/C34H53N3O2/c1-24(2)9-6-10-25(3)29-13-14-30-28-12-11-26-23-27(39-32(38)37(21-7-19-35)22-8-20-36)15-17-33(26,4)31(28)16-18-34(29,30)5/h11,24-25,27-31H,6-10,12-18,21-23H2,1-5H3/t25-,27-,28+,29-,30+,31+,33-,34-/m0/s1. The van der Waals surface area contributed by atoms with Gasteiger partial charge < -0.3 is 9.64 Å². The largest absolute Gasteiger partial charge is 0.446 e. The molecule has 5 nitrogen and oxygen atoms in total. The molecule has 0 heterocycles. The summed E-state index contributed by atoms with van der Waals surface area (Å²) in [5.41, 5.74) is 2.26. The Kier molecular flexibility index (Phi) is 9.73. The van der Waals surface area contributed by atoms with Gasteiger partial charge in [-0.2, -0.15) is 10.5 Å². The number of allylic oxidation sites excluding steroid dienone is 1. The van der Waals surface area contributed by atoms with Crippen LogP contribution in [0.4, 0.5) is 4.79 Å². The molecule has 0 aromatic rings. The highest BCUT2D eigenvalue weighted by Gasteiger charge is 2.59. The van der Waals surface area contributed by atoms with Gasteiger partial charge in [-0.25, -0.2) is 4.79 Å². The van der Waals surface area contributed by atoms with Gasteiger partial charge in [0.2, 0.25) is 0 Å². The zero-order chi connectivity index (χ0) is 28.2. The molecule has 5 heteroatoms. The number of carbonyl (C=O) groups is 1. The Morgan fingerprint density at radius 2 is 1.74 bits per heavy atom. The fraction of sp³-hybridized carbons (Fsp3) is 0.853. The number of nitrogens with zero attached hydrogens (tertiary/aromatic N) is 3. The average molecular weight is 536 g/mol. The minimum atomic E-state index is -0.365. The summed E-state index contributed by atoms with van der Waals surface area (Å²) in [6.07, 6.45) is 16.3. The van der Waals surface area contributed by atoms with Crippen molar-refractivity contribution in [1.82, 2.24) is 4.90 Å². The lowest BCUT2D eigenvalue weighted by Crippen LogP contribution is -2.51. The lowest BCUT2D eigenvalue weighted by molar-refractivity contribution is -0.0593. The molecular formula is C34H53N3O2. The van der Waals surface area contributed by atoms with Gasteiger partial charge in [-0.05, 0) is 91.3 Å². The molecule has 4 aliphatic rings. The predicted octanol–water partition coefficient (Wildman–Crippen LogP) is 8.66. The van der Waals surface area contributed by atoms with Gasteiger partial charge >= 0.3 is 6.09 Å². The molecule has 8 atom stereocenters. The Labute approximate surface area is 238 Å². The number of nitriles is 2. The topological polar surface area (TPSA) is 77.1 Å². The van der Waals surface area contributed by atoms with Crippen molar-refractivity contribution in [2.45, 2.75) is 124 Å². The van der Waals surface area contributed by atoms with Crippen molar-refractivity contribution >= 4 is 6.09 Å². The third-order valence-corrected chi connectivity index (χ3v) is 11.8. The van der Waals surface area contributed by atoms with Crippen LogP contribution in [-0.4, -0.2) is 30.2 Å². The summed E-state index contributed by atoms with van der Waals surface area (Å²) < 4.78 is 5.98. The van der Waals surface area contributed by atoms with Crippen LogP contribution < -0.4 is 0 Å². The predicted molar refractivity (Wildman–Crippen MR) is 155 cm³/mol. The molecule has 0 N–H and O–H groups in total. The lowest BCUT2D eigenvalue weighted by atomic mass is 9.47. The van der Waals surface area contributed by atoms with Gasteiger partial charge in [0.25, 0.3) is 0 Å². The Hall–Kier alpha value is -2.01. The summed E-state index contributed by atoms with van der Waals surface area (Å²) >= 11 is 0. The Balaban J connectivity index is 1.40. The van der Waals surface area contributed by atoms with E-state index in [4.69, 9.17) is 15.3 Å². The third-order valence-electron chi connectivity index (χ3n) is 11.8. The molecule has 0 aromatic heterocycles. The van der Waals surface area contributed by atoms with Gasteiger partial charge in [0.1, 0.15) is 6.10 Å². The highest BCUT2D eigenvalue weighted by molar-refractivity contribution is 5.68. The van der Waals surface area contributed by atoms with Gasteiger partial charge in [0.15, 0.2) is 0 Å². The highest BCUT2D eigenvalue weighted by Crippen LogP contribution is 2.67. The van der Waals surface area contributed by atoms with E-state index in [2.05, 4.69) is 52.8 Å². The Morgan fingerprint density at radius 3 is 2.41 bits per heavy atom. The molecule has 0 radical (unpaired) electrons. The van der Waals surface area contributed by atoms with Crippen molar-refractivity contribution in [3.63, 3.8) is 0 Å². The molecule has 216 valence electrons. The van der Waals surface area contributed by atoms with Crippen LogP contribution in [0.3, 0.4) is 0 Å². The number of carbonyl (C=O) groups excluding carboxylic acids is 1. The third kappa shape index (κ3) is 6.19. The monoisotopic (exact) mass is 535 g/mol. The molecule has 0 aliphatic heterocycles. The number of rotatable bonds is 10. The van der Waals surface area contributed by atoms with E-state index in [0.717, 1.165) is 54.8 Å². The molecule has 0 aromatic carbocycles. The maximum atomic E-state index is 12.9. The average Bonchev–Trinajstić information content (AvgIpc) is 3.26. The van der Waals surface area contributed by atoms with E-state index >= 15 is 0 Å². The van der Waals surface area contributed by atoms with E-state index in [1.807, 2.05) is 0 Å². The molecule has 0 unspecified atom stereocenters. The Bertz CT molecular complexity index is 958. The van der Waals surface area contributed by atoms with E-state index in [-0.39, 0.29) is 30.5 Å². The number of hydrogen-bond acceptors (Lipinski definition) is 4. The minimum Gasteiger partial charge on any atom is -0.446 e. The Morgan fingerprint density at radius 1 is 1.03 bits per heavy atom. The molecule has 3 saturated carbocycles. The molecule has 4 rings (SSSR count). The van der Waals surface area contributed by atoms with Crippen molar-refractivity contribution in [3.8, 4) is 12.1 Å². The van der Waals surface area contributed by atoms with E-state index in [0.29, 0.717) is 18.5 Å². The number of ether oxygens (including phenoxy) is 1. The first-order valence-electron chi connectivity index (χ1n) is 16.0. The van der Waals surface area contributed by atoms with Crippen molar-refractivity contribution in [2.75, 3.05) is 13.1 Å². The van der Waals surface area contributed by atoms with Crippen molar-refractivity contribution < 1.29 is 9.53 Å². The van der Waals surface area contributed by atoms with Crippen LogP contribution in [0.5, 0.6) is 0 Å². The molecule has 39 heavy (non-hydrogen) atoms. The fourth-order valence-electron chi connectivity index (χ4n) is 9.63. The lowest BCUT2D eigenvalue weighted by Gasteiger charge is -2.58. The summed E-state index contributed by atoms with van der Waals surface area (Å²) in [7, 11) is 0. The summed E-state index contributed by atoms with van der Waals surface area (Å²) in [6, 6.07) is 4.20. The van der Waals surface area contributed by atoms with Crippen molar-refractivity contribution in [3.05, 3.63) is 11.6 Å². The normalized spacial score (nSPS) is 36.0. The first-order chi connectivity index (χ1) is 18.6. The van der Waals surface area contributed by atoms with Gasteiger partial charge in [-0.15, -0.1) is 0 Å². The van der Waals surface area contributed by atoms with Gasteiger partial charge in [-0.3, -0.25) is 0 Å². The second kappa shape index (κ2) is 12.7. The summed E-state index contributed by atoms with van der Waals surface area (Å²) in [6.45, 7) is 13.1. The minimum absolute atomic E-state index is 0.101. The quantitative estimate of drug-likeness (QED) is 0.262. The van der Waals surface area contributed by atoms with Crippen LogP contribution in [0.1, 0.15) is 118 Å². The van der Waals surface area contributed by atoms with Gasteiger partial charge in [0.05, 0.1) is 25.0 Å². The van der Waals surface area contributed by atoms with Crippen LogP contribution in [-0.2, 0) is 4.74 Å². The van der Waals surface area contributed by atoms with Crippen molar-refractivity contribution in [2.24, 2.45) is 46.3 Å². The summed E-state index contributed by atoms with van der Waals surface area (Å²) in [5.74, 6) is 4.95. The molecular weight excluding hydrogens is 482 g/mol. The fourth-order valence-corrected chi connectivity index (χ4v) is 9.63. The van der Waals surface area contributed by atoms with Crippen LogP contribution in [0.15, 0.2) is 11.6 Å².